The van der Waals surface area contributed by atoms with Crippen LogP contribution in [0.1, 0.15) is 46.0 Å². The number of carbonyl (C=O) groups is 2. The Balaban J connectivity index is 0.000000141. The lowest BCUT2D eigenvalue weighted by Gasteiger charge is -2.44. The van der Waals surface area contributed by atoms with E-state index in [0.717, 1.165) is 24.8 Å². The van der Waals surface area contributed by atoms with Crippen molar-refractivity contribution in [1.82, 2.24) is 9.80 Å². The van der Waals surface area contributed by atoms with Gasteiger partial charge < -0.3 is 9.69 Å². The van der Waals surface area contributed by atoms with Crippen LogP contribution >= 0.6 is 0 Å². The van der Waals surface area contributed by atoms with Crippen LogP contribution in [0, 0.1) is 17.8 Å². The molecule has 1 atom stereocenters. The van der Waals surface area contributed by atoms with E-state index in [9.17, 15) is 9.59 Å². The first-order valence-corrected chi connectivity index (χ1v) is 9.66. The van der Waals surface area contributed by atoms with Crippen molar-refractivity contribution in [2.24, 2.45) is 17.8 Å². The van der Waals surface area contributed by atoms with E-state index in [2.05, 4.69) is 9.80 Å². The average Bonchev–Trinajstić information content (AvgIpc) is 2.56. The van der Waals surface area contributed by atoms with Crippen molar-refractivity contribution in [3.05, 3.63) is 11.6 Å². The maximum Gasteiger partial charge on any atom is 0.152 e. The van der Waals surface area contributed by atoms with Gasteiger partial charge >= 0.3 is 0 Å². The highest BCUT2D eigenvalue weighted by Crippen LogP contribution is 2.34. The number of hydrogen-bond donors (Lipinski definition) is 0. The normalized spacial score (nSPS) is 38.6. The standard InChI is InChI=1S/C10H17NO.C10H15NO/c2*1-8(12)6-10-7-11-4-2-9(10)3-5-11/h9-10H,2-7H2,1H3;6,9H,2-5,7H2,1H3/b;10-6-. The van der Waals surface area contributed by atoms with Crippen molar-refractivity contribution in [2.45, 2.75) is 46.0 Å². The van der Waals surface area contributed by atoms with Crippen LogP contribution in [-0.4, -0.2) is 60.6 Å². The molecule has 4 nitrogen and oxygen atoms in total. The SMILES string of the molecule is CC(=O)/C=C1/CN2CCC1CC2.CC(=O)CC1CN2CCC1CC2. The molecule has 6 aliphatic rings. The summed E-state index contributed by atoms with van der Waals surface area (Å²) in [7, 11) is 0. The van der Waals surface area contributed by atoms with Gasteiger partial charge in [-0.15, -0.1) is 0 Å². The molecule has 0 spiro atoms. The van der Waals surface area contributed by atoms with Crippen molar-refractivity contribution in [1.29, 1.82) is 0 Å². The Morgan fingerprint density at radius 2 is 1.62 bits per heavy atom. The zero-order valence-corrected chi connectivity index (χ0v) is 15.3. The Bertz CT molecular complexity index is 498. The first-order chi connectivity index (χ1) is 11.5. The number of fused-ring (bicyclic) bond motifs is 6. The minimum Gasteiger partial charge on any atom is -0.303 e. The van der Waals surface area contributed by atoms with Crippen LogP contribution in [-0.2, 0) is 9.59 Å². The molecular formula is C20H32N2O2. The highest BCUT2D eigenvalue weighted by Gasteiger charge is 2.34. The molecule has 0 N–H and O–H groups in total. The molecule has 4 bridgehead atoms. The van der Waals surface area contributed by atoms with Crippen LogP contribution in [0.3, 0.4) is 0 Å². The van der Waals surface area contributed by atoms with Crippen LogP contribution < -0.4 is 0 Å². The van der Waals surface area contributed by atoms with Gasteiger partial charge in [-0.25, -0.2) is 0 Å². The van der Waals surface area contributed by atoms with Crippen LogP contribution in [0.5, 0.6) is 0 Å². The van der Waals surface area contributed by atoms with Crippen LogP contribution in [0.25, 0.3) is 0 Å². The Hall–Kier alpha value is -1.00. The second-order valence-corrected chi connectivity index (χ2v) is 8.18. The average molecular weight is 332 g/mol. The molecule has 1 unspecified atom stereocenters. The van der Waals surface area contributed by atoms with E-state index < -0.39 is 0 Å². The summed E-state index contributed by atoms with van der Waals surface area (Å²) < 4.78 is 0. The number of Topliss-reactive ketones (excluding diaryl/α,β-unsaturated/α-hetero) is 1. The van der Waals surface area contributed by atoms with Gasteiger partial charge in [-0.3, -0.25) is 9.69 Å². The van der Waals surface area contributed by atoms with Crippen LogP contribution in [0.4, 0.5) is 0 Å². The number of piperidine rings is 6. The maximum absolute atomic E-state index is 11.0. The highest BCUT2D eigenvalue weighted by molar-refractivity contribution is 5.88. The van der Waals surface area contributed by atoms with Crippen molar-refractivity contribution >= 4 is 11.6 Å². The second kappa shape index (κ2) is 7.92. The summed E-state index contributed by atoms with van der Waals surface area (Å²) in [6.45, 7) is 10.6. The number of hydrogen-bond acceptors (Lipinski definition) is 4. The van der Waals surface area contributed by atoms with E-state index in [0.29, 0.717) is 11.7 Å². The molecule has 0 aromatic rings. The molecule has 6 saturated heterocycles. The zero-order valence-electron chi connectivity index (χ0n) is 15.3. The van der Waals surface area contributed by atoms with E-state index in [-0.39, 0.29) is 5.78 Å². The highest BCUT2D eigenvalue weighted by atomic mass is 16.1. The predicted octanol–water partition coefficient (Wildman–Crippen LogP) is 2.53. The Kier molecular flexibility index (Phi) is 5.88. The van der Waals surface area contributed by atoms with E-state index in [4.69, 9.17) is 0 Å². The van der Waals surface area contributed by atoms with Gasteiger partial charge in [0, 0.05) is 19.5 Å². The summed E-state index contributed by atoms with van der Waals surface area (Å²) in [5.74, 6) is 2.84. The molecule has 6 fully saturated rings. The van der Waals surface area contributed by atoms with E-state index in [1.807, 2.05) is 6.08 Å². The van der Waals surface area contributed by atoms with E-state index >= 15 is 0 Å². The van der Waals surface area contributed by atoms with Gasteiger partial charge in [0.05, 0.1) is 0 Å². The quantitative estimate of drug-likeness (QED) is 0.745. The number of nitrogens with zero attached hydrogens (tertiary/aromatic N) is 2. The molecule has 0 amide bonds. The Morgan fingerprint density at radius 1 is 1.00 bits per heavy atom. The summed E-state index contributed by atoms with van der Waals surface area (Å²) in [5.41, 5.74) is 1.38. The molecule has 0 saturated carbocycles. The smallest absolute Gasteiger partial charge is 0.152 e. The first kappa shape index (κ1) is 17.8. The minimum absolute atomic E-state index is 0.207. The third-order valence-corrected chi connectivity index (χ3v) is 6.25. The minimum atomic E-state index is 0.207. The molecule has 6 heterocycles. The number of carbonyl (C=O) groups excluding carboxylic acids is 2. The summed E-state index contributed by atoms with van der Waals surface area (Å²) >= 11 is 0. The van der Waals surface area contributed by atoms with E-state index in [1.54, 1.807) is 13.8 Å². The number of allylic oxidation sites excluding steroid dienone is 1. The summed E-state index contributed by atoms with van der Waals surface area (Å²) in [6.07, 6.45) is 7.85. The van der Waals surface area contributed by atoms with Crippen molar-refractivity contribution in [3.8, 4) is 0 Å². The molecule has 4 heteroatoms. The third kappa shape index (κ3) is 4.54. The first-order valence-electron chi connectivity index (χ1n) is 9.66. The monoisotopic (exact) mass is 332 g/mol. The predicted molar refractivity (Wildman–Crippen MR) is 95.9 cm³/mol. The van der Waals surface area contributed by atoms with Gasteiger partial charge in [0.1, 0.15) is 5.78 Å². The lowest BCUT2D eigenvalue weighted by molar-refractivity contribution is -0.119. The second-order valence-electron chi connectivity index (χ2n) is 8.18. The Morgan fingerprint density at radius 3 is 2.04 bits per heavy atom. The lowest BCUT2D eigenvalue weighted by atomic mass is 9.77. The fourth-order valence-electron chi connectivity index (χ4n) is 4.96. The molecule has 0 radical (unpaired) electrons. The molecule has 6 aliphatic heterocycles. The van der Waals surface area contributed by atoms with Crippen molar-refractivity contribution in [2.75, 3.05) is 39.3 Å². The van der Waals surface area contributed by atoms with Gasteiger partial charge in [-0.05, 0) is 95.1 Å². The maximum atomic E-state index is 11.0. The van der Waals surface area contributed by atoms with Gasteiger partial charge in [0.2, 0.25) is 0 Å². The third-order valence-electron chi connectivity index (χ3n) is 6.25. The lowest BCUT2D eigenvalue weighted by Crippen LogP contribution is -2.47. The summed E-state index contributed by atoms with van der Waals surface area (Å²) in [5, 5.41) is 0. The van der Waals surface area contributed by atoms with Crippen molar-refractivity contribution < 1.29 is 9.59 Å². The van der Waals surface area contributed by atoms with Crippen LogP contribution in [0.15, 0.2) is 11.6 Å². The van der Waals surface area contributed by atoms with Gasteiger partial charge in [-0.2, -0.15) is 0 Å². The van der Waals surface area contributed by atoms with Crippen LogP contribution in [0.2, 0.25) is 0 Å². The summed E-state index contributed by atoms with van der Waals surface area (Å²) in [6, 6.07) is 0. The molecule has 6 rings (SSSR count). The van der Waals surface area contributed by atoms with Crippen molar-refractivity contribution in [3.63, 3.8) is 0 Å². The fraction of sp³-hybridized carbons (Fsp3) is 0.800. The topological polar surface area (TPSA) is 40.6 Å². The molecule has 0 aromatic heterocycles. The Labute approximate surface area is 146 Å². The summed E-state index contributed by atoms with van der Waals surface area (Å²) in [4.78, 5) is 26.8. The van der Waals surface area contributed by atoms with Gasteiger partial charge in [-0.1, -0.05) is 0 Å². The van der Waals surface area contributed by atoms with E-state index in [1.165, 1.54) is 64.0 Å². The molecule has 0 aromatic carbocycles. The molecular weight excluding hydrogens is 300 g/mol. The fourth-order valence-corrected chi connectivity index (χ4v) is 4.96. The zero-order chi connectivity index (χ0) is 17.1. The molecule has 24 heavy (non-hydrogen) atoms. The largest absolute Gasteiger partial charge is 0.303 e. The number of ketones is 2. The molecule has 0 aliphatic carbocycles. The molecule has 134 valence electrons. The number of rotatable bonds is 3. The van der Waals surface area contributed by atoms with Gasteiger partial charge in [0.15, 0.2) is 5.78 Å². The van der Waals surface area contributed by atoms with Gasteiger partial charge in [0.25, 0.3) is 0 Å².